The van der Waals surface area contributed by atoms with Crippen molar-refractivity contribution in [3.63, 3.8) is 0 Å². The standard InChI is InChI=1S/C14H21NO7S/c1-4-11(17)15-9(13(19)21-5-2)8-23-12(18)7-10(16)14(20)22-6-3/h9H,4-8H2,1-3H3,(H,15,17). The molecule has 130 valence electrons. The van der Waals surface area contributed by atoms with Gasteiger partial charge in [0.05, 0.1) is 19.6 Å². The van der Waals surface area contributed by atoms with Crippen LogP contribution in [0.3, 0.4) is 0 Å². The molecule has 0 rings (SSSR count). The van der Waals surface area contributed by atoms with E-state index in [0.29, 0.717) is 11.8 Å². The van der Waals surface area contributed by atoms with Gasteiger partial charge >= 0.3 is 11.9 Å². The summed E-state index contributed by atoms with van der Waals surface area (Å²) in [6, 6.07) is -0.992. The lowest BCUT2D eigenvalue weighted by atomic mass is 10.3. The van der Waals surface area contributed by atoms with E-state index in [4.69, 9.17) is 4.74 Å². The Kier molecular flexibility index (Phi) is 10.7. The Balaban J connectivity index is 4.50. The number of ketones is 1. The van der Waals surface area contributed by atoms with Crippen LogP contribution in [0.5, 0.6) is 0 Å². The van der Waals surface area contributed by atoms with Crippen molar-refractivity contribution in [2.24, 2.45) is 0 Å². The number of esters is 2. The molecule has 0 aromatic carbocycles. The van der Waals surface area contributed by atoms with E-state index in [1.807, 2.05) is 0 Å². The molecular formula is C14H21NO7S. The molecule has 0 aliphatic rings. The van der Waals surface area contributed by atoms with Gasteiger partial charge in [-0.1, -0.05) is 18.7 Å². The van der Waals surface area contributed by atoms with Crippen LogP contribution in [0.1, 0.15) is 33.6 Å². The number of rotatable bonds is 10. The molecule has 0 bridgehead atoms. The molecule has 23 heavy (non-hydrogen) atoms. The van der Waals surface area contributed by atoms with Gasteiger partial charge in [-0.15, -0.1) is 0 Å². The summed E-state index contributed by atoms with van der Waals surface area (Å²) in [5.74, 6) is -3.12. The highest BCUT2D eigenvalue weighted by Gasteiger charge is 2.25. The van der Waals surface area contributed by atoms with Crippen LogP contribution in [0.25, 0.3) is 0 Å². The zero-order valence-electron chi connectivity index (χ0n) is 13.4. The van der Waals surface area contributed by atoms with E-state index in [1.165, 1.54) is 0 Å². The first kappa shape index (κ1) is 21.1. The molecule has 0 saturated heterocycles. The normalized spacial score (nSPS) is 11.3. The Morgan fingerprint density at radius 2 is 1.61 bits per heavy atom. The molecule has 0 radical (unpaired) electrons. The Morgan fingerprint density at radius 1 is 1.00 bits per heavy atom. The number of hydrogen-bond donors (Lipinski definition) is 1. The van der Waals surface area contributed by atoms with Crippen molar-refractivity contribution in [1.82, 2.24) is 5.32 Å². The molecule has 1 amide bonds. The van der Waals surface area contributed by atoms with E-state index < -0.39 is 35.3 Å². The monoisotopic (exact) mass is 347 g/mol. The lowest BCUT2D eigenvalue weighted by molar-refractivity contribution is -0.154. The van der Waals surface area contributed by atoms with Crippen molar-refractivity contribution in [3.8, 4) is 0 Å². The lowest BCUT2D eigenvalue weighted by Gasteiger charge is -2.16. The van der Waals surface area contributed by atoms with Crippen LogP contribution in [0.2, 0.25) is 0 Å². The highest BCUT2D eigenvalue weighted by Crippen LogP contribution is 2.10. The van der Waals surface area contributed by atoms with E-state index in [2.05, 4.69) is 10.1 Å². The number of Topliss-reactive ketones (excluding diaryl/α,β-unsaturated/α-hetero) is 1. The predicted molar refractivity (Wildman–Crippen MR) is 82.6 cm³/mol. The Morgan fingerprint density at radius 3 is 2.13 bits per heavy atom. The van der Waals surface area contributed by atoms with Gasteiger partial charge in [0, 0.05) is 12.2 Å². The molecular weight excluding hydrogens is 326 g/mol. The van der Waals surface area contributed by atoms with Crippen LogP contribution in [0.4, 0.5) is 0 Å². The Bertz CT molecular complexity index is 464. The largest absolute Gasteiger partial charge is 0.464 e. The van der Waals surface area contributed by atoms with Crippen molar-refractivity contribution in [2.75, 3.05) is 19.0 Å². The topological polar surface area (TPSA) is 116 Å². The van der Waals surface area contributed by atoms with Crippen LogP contribution < -0.4 is 5.32 Å². The van der Waals surface area contributed by atoms with Gasteiger partial charge in [0.15, 0.2) is 5.12 Å². The molecule has 0 heterocycles. The molecule has 0 saturated carbocycles. The number of nitrogens with one attached hydrogen (secondary N) is 1. The fourth-order valence-electron chi connectivity index (χ4n) is 1.35. The number of thioether (sulfide) groups is 1. The molecule has 1 unspecified atom stereocenters. The molecule has 1 atom stereocenters. The van der Waals surface area contributed by atoms with Crippen molar-refractivity contribution in [1.29, 1.82) is 0 Å². The van der Waals surface area contributed by atoms with Gasteiger partial charge in [0.1, 0.15) is 6.04 Å². The molecule has 0 aliphatic carbocycles. The maximum atomic E-state index is 11.7. The second-order valence-electron chi connectivity index (χ2n) is 4.23. The summed E-state index contributed by atoms with van der Waals surface area (Å²) in [5, 5.41) is 1.85. The molecule has 0 aromatic rings. The first-order valence-electron chi connectivity index (χ1n) is 7.17. The second-order valence-corrected chi connectivity index (χ2v) is 5.31. The first-order valence-corrected chi connectivity index (χ1v) is 8.15. The first-order chi connectivity index (χ1) is 10.8. The third kappa shape index (κ3) is 8.97. The smallest absolute Gasteiger partial charge is 0.375 e. The van der Waals surface area contributed by atoms with Gasteiger partial charge in [0.2, 0.25) is 11.7 Å². The highest BCUT2D eigenvalue weighted by atomic mass is 32.2. The maximum absolute atomic E-state index is 11.7. The lowest BCUT2D eigenvalue weighted by Crippen LogP contribution is -2.43. The summed E-state index contributed by atoms with van der Waals surface area (Å²) in [7, 11) is 0. The van der Waals surface area contributed by atoms with E-state index in [0.717, 1.165) is 0 Å². The molecule has 0 aliphatic heterocycles. The summed E-state index contributed by atoms with van der Waals surface area (Å²) in [6.45, 7) is 4.96. The van der Waals surface area contributed by atoms with Gasteiger partial charge < -0.3 is 14.8 Å². The van der Waals surface area contributed by atoms with Crippen LogP contribution in [0, 0.1) is 0 Å². The summed E-state index contributed by atoms with van der Waals surface area (Å²) >= 11 is 0.672. The summed E-state index contributed by atoms with van der Waals surface area (Å²) in [6.07, 6.45) is -0.448. The second kappa shape index (κ2) is 11.6. The van der Waals surface area contributed by atoms with Gasteiger partial charge in [-0.25, -0.2) is 9.59 Å². The minimum atomic E-state index is -1.07. The van der Waals surface area contributed by atoms with Crippen LogP contribution >= 0.6 is 11.8 Å². The molecule has 0 spiro atoms. The van der Waals surface area contributed by atoms with Crippen molar-refractivity contribution < 1.29 is 33.4 Å². The summed E-state index contributed by atoms with van der Waals surface area (Å²) in [4.78, 5) is 57.3. The summed E-state index contributed by atoms with van der Waals surface area (Å²) in [5.41, 5.74) is 0. The Labute approximate surface area is 138 Å². The number of carbonyl (C=O) groups excluding carboxylic acids is 5. The van der Waals surface area contributed by atoms with E-state index >= 15 is 0 Å². The highest BCUT2D eigenvalue weighted by molar-refractivity contribution is 8.13. The number of amides is 1. The molecule has 0 fully saturated rings. The van der Waals surface area contributed by atoms with E-state index in [1.54, 1.807) is 20.8 Å². The average molecular weight is 347 g/mol. The minimum absolute atomic E-state index is 0.0416. The van der Waals surface area contributed by atoms with Gasteiger partial charge in [0.25, 0.3) is 0 Å². The van der Waals surface area contributed by atoms with Crippen LogP contribution in [-0.2, 0) is 33.4 Å². The number of ether oxygens (including phenoxy) is 2. The molecule has 0 aromatic heterocycles. The van der Waals surface area contributed by atoms with Crippen molar-refractivity contribution in [2.45, 2.75) is 39.7 Å². The molecule has 1 N–H and O–H groups in total. The van der Waals surface area contributed by atoms with Gasteiger partial charge in [-0.2, -0.15) is 0 Å². The van der Waals surface area contributed by atoms with Crippen molar-refractivity contribution in [3.05, 3.63) is 0 Å². The zero-order chi connectivity index (χ0) is 17.8. The fraction of sp³-hybridized carbons (Fsp3) is 0.643. The average Bonchev–Trinajstić information content (AvgIpc) is 2.51. The van der Waals surface area contributed by atoms with E-state index in [-0.39, 0.29) is 31.3 Å². The molecule has 9 heteroatoms. The van der Waals surface area contributed by atoms with Crippen LogP contribution in [-0.4, -0.2) is 53.8 Å². The minimum Gasteiger partial charge on any atom is -0.464 e. The van der Waals surface area contributed by atoms with E-state index in [9.17, 15) is 24.0 Å². The molecule has 8 nitrogen and oxygen atoms in total. The third-order valence-electron chi connectivity index (χ3n) is 2.45. The van der Waals surface area contributed by atoms with Gasteiger partial charge in [-0.3, -0.25) is 14.4 Å². The Hall–Kier alpha value is -1.90. The number of hydrogen-bond acceptors (Lipinski definition) is 8. The summed E-state index contributed by atoms with van der Waals surface area (Å²) < 4.78 is 9.30. The SMILES string of the molecule is CCOC(=O)C(=O)CC(=O)SCC(NC(=O)CC)C(=O)OCC. The zero-order valence-corrected chi connectivity index (χ0v) is 14.2. The maximum Gasteiger partial charge on any atom is 0.375 e. The van der Waals surface area contributed by atoms with Crippen LogP contribution in [0.15, 0.2) is 0 Å². The quantitative estimate of drug-likeness (QED) is 0.339. The van der Waals surface area contributed by atoms with Gasteiger partial charge in [-0.05, 0) is 13.8 Å². The fourth-order valence-corrected chi connectivity index (χ4v) is 2.16. The van der Waals surface area contributed by atoms with Crippen molar-refractivity contribution >= 4 is 40.5 Å². The number of carbonyl (C=O) groups is 5. The third-order valence-corrected chi connectivity index (χ3v) is 3.41. The predicted octanol–water partition coefficient (Wildman–Crippen LogP) is 0.226.